The Morgan fingerprint density at radius 2 is 2.25 bits per heavy atom. The van der Waals surface area contributed by atoms with E-state index in [1.807, 2.05) is 0 Å². The first-order valence-corrected chi connectivity index (χ1v) is 4.73. The van der Waals surface area contributed by atoms with Crippen molar-refractivity contribution >= 4 is 17.6 Å². The maximum absolute atomic E-state index is 10.8. The Balaban J connectivity index is 2.45. The van der Waals surface area contributed by atoms with E-state index in [1.165, 1.54) is 23.3 Å². The first-order valence-electron chi connectivity index (χ1n) is 4.35. The van der Waals surface area contributed by atoms with Crippen LogP contribution in [0.5, 0.6) is 0 Å². The molecule has 16 heavy (non-hydrogen) atoms. The van der Waals surface area contributed by atoms with Gasteiger partial charge in [-0.25, -0.2) is 19.4 Å². The highest BCUT2D eigenvalue weighted by Gasteiger charge is 2.11. The van der Waals surface area contributed by atoms with Crippen LogP contribution in [0.3, 0.4) is 0 Å². The van der Waals surface area contributed by atoms with Gasteiger partial charge in [0.05, 0.1) is 28.7 Å². The summed E-state index contributed by atoms with van der Waals surface area (Å²) in [5, 5.41) is 13.2. The molecule has 0 aliphatic heterocycles. The van der Waals surface area contributed by atoms with E-state index in [1.54, 1.807) is 6.92 Å². The minimum absolute atomic E-state index is 0.0713. The summed E-state index contributed by atoms with van der Waals surface area (Å²) in [6.45, 7) is 1.60. The molecule has 6 nitrogen and oxygen atoms in total. The summed E-state index contributed by atoms with van der Waals surface area (Å²) in [5.41, 5.74) is 0.450. The number of halogens is 1. The monoisotopic (exact) mass is 238 g/mol. The van der Waals surface area contributed by atoms with Crippen molar-refractivity contribution in [3.8, 4) is 5.95 Å². The van der Waals surface area contributed by atoms with Crippen molar-refractivity contribution in [2.75, 3.05) is 0 Å². The first-order chi connectivity index (χ1) is 7.58. The van der Waals surface area contributed by atoms with Crippen LogP contribution in [0.1, 0.15) is 16.1 Å². The molecule has 0 aliphatic carbocycles. The van der Waals surface area contributed by atoms with Crippen LogP contribution >= 0.6 is 11.6 Å². The van der Waals surface area contributed by atoms with Crippen molar-refractivity contribution in [3.05, 3.63) is 34.9 Å². The lowest BCUT2D eigenvalue weighted by Gasteiger charge is -2.02. The lowest BCUT2D eigenvalue weighted by molar-refractivity contribution is 0.0695. The van der Waals surface area contributed by atoms with E-state index in [2.05, 4.69) is 15.1 Å². The van der Waals surface area contributed by atoms with Crippen molar-refractivity contribution in [2.45, 2.75) is 6.92 Å². The highest BCUT2D eigenvalue weighted by Crippen LogP contribution is 2.10. The van der Waals surface area contributed by atoms with Gasteiger partial charge in [-0.05, 0) is 6.92 Å². The van der Waals surface area contributed by atoms with E-state index < -0.39 is 5.97 Å². The van der Waals surface area contributed by atoms with Crippen molar-refractivity contribution in [1.82, 2.24) is 19.7 Å². The van der Waals surface area contributed by atoms with Crippen LogP contribution in [-0.2, 0) is 0 Å². The fourth-order valence-corrected chi connectivity index (χ4v) is 1.32. The van der Waals surface area contributed by atoms with Gasteiger partial charge < -0.3 is 5.11 Å². The lowest BCUT2D eigenvalue weighted by Crippen LogP contribution is -2.08. The average molecular weight is 239 g/mol. The number of aromatic nitrogens is 4. The van der Waals surface area contributed by atoms with Crippen molar-refractivity contribution < 1.29 is 9.90 Å². The molecule has 82 valence electrons. The third kappa shape index (κ3) is 1.87. The normalized spacial score (nSPS) is 10.4. The molecule has 2 rings (SSSR count). The number of hydrogen-bond acceptors (Lipinski definition) is 4. The molecule has 0 atom stereocenters. The van der Waals surface area contributed by atoms with Crippen molar-refractivity contribution in [1.29, 1.82) is 0 Å². The third-order valence-corrected chi connectivity index (χ3v) is 2.15. The molecule has 2 aromatic heterocycles. The van der Waals surface area contributed by atoms with E-state index in [9.17, 15) is 4.79 Å². The van der Waals surface area contributed by atoms with Gasteiger partial charge >= 0.3 is 5.97 Å². The Labute approximate surface area is 95.5 Å². The molecule has 0 fully saturated rings. The lowest BCUT2D eigenvalue weighted by atomic mass is 10.2. The van der Waals surface area contributed by atoms with Gasteiger partial charge in [0, 0.05) is 6.20 Å². The van der Waals surface area contributed by atoms with E-state index in [-0.39, 0.29) is 11.5 Å². The van der Waals surface area contributed by atoms with Crippen LogP contribution in [0.2, 0.25) is 5.02 Å². The number of aromatic carboxylic acids is 1. The van der Waals surface area contributed by atoms with Gasteiger partial charge in [-0.1, -0.05) is 11.6 Å². The second kappa shape index (κ2) is 3.90. The molecule has 0 saturated heterocycles. The number of carbonyl (C=O) groups is 1. The molecule has 0 unspecified atom stereocenters. The number of rotatable bonds is 2. The SMILES string of the molecule is Cc1nc(-n2cc(Cl)cn2)ncc1C(=O)O. The van der Waals surface area contributed by atoms with E-state index in [4.69, 9.17) is 16.7 Å². The summed E-state index contributed by atoms with van der Waals surface area (Å²) in [7, 11) is 0. The molecule has 0 aromatic carbocycles. The minimum atomic E-state index is -1.05. The molecular formula is C9H7ClN4O2. The zero-order valence-electron chi connectivity index (χ0n) is 8.25. The van der Waals surface area contributed by atoms with Gasteiger partial charge in [-0.2, -0.15) is 5.10 Å². The third-order valence-electron chi connectivity index (χ3n) is 1.95. The highest BCUT2D eigenvalue weighted by molar-refractivity contribution is 6.30. The molecule has 0 spiro atoms. The van der Waals surface area contributed by atoms with Gasteiger partial charge in [0.1, 0.15) is 0 Å². The molecule has 0 saturated carbocycles. The van der Waals surface area contributed by atoms with Crippen LogP contribution in [0.25, 0.3) is 5.95 Å². The van der Waals surface area contributed by atoms with Crippen molar-refractivity contribution in [3.63, 3.8) is 0 Å². The Hall–Kier alpha value is -1.95. The summed E-state index contributed by atoms with van der Waals surface area (Å²) < 4.78 is 1.38. The Morgan fingerprint density at radius 1 is 1.50 bits per heavy atom. The van der Waals surface area contributed by atoms with E-state index in [0.29, 0.717) is 10.7 Å². The number of nitrogens with zero attached hydrogens (tertiary/aromatic N) is 4. The van der Waals surface area contributed by atoms with Gasteiger partial charge in [0.15, 0.2) is 0 Å². The van der Waals surface area contributed by atoms with Gasteiger partial charge in [0.2, 0.25) is 0 Å². The largest absolute Gasteiger partial charge is 0.478 e. The van der Waals surface area contributed by atoms with Crippen LogP contribution in [-0.4, -0.2) is 30.8 Å². The average Bonchev–Trinajstić information content (AvgIpc) is 2.64. The number of carboxylic acids is 1. The quantitative estimate of drug-likeness (QED) is 0.853. The molecular weight excluding hydrogens is 232 g/mol. The summed E-state index contributed by atoms with van der Waals surface area (Å²) in [6, 6.07) is 0. The standard InChI is InChI=1S/C9H7ClN4O2/c1-5-7(8(15)16)3-11-9(13-5)14-4-6(10)2-12-14/h2-4H,1H3,(H,15,16). The zero-order chi connectivity index (χ0) is 11.7. The smallest absolute Gasteiger partial charge is 0.339 e. The Morgan fingerprint density at radius 3 is 2.75 bits per heavy atom. The first kappa shape index (κ1) is 10.6. The van der Waals surface area contributed by atoms with E-state index in [0.717, 1.165) is 0 Å². The second-order valence-corrected chi connectivity index (χ2v) is 3.51. The second-order valence-electron chi connectivity index (χ2n) is 3.08. The van der Waals surface area contributed by atoms with Crippen LogP contribution in [0, 0.1) is 6.92 Å². The fourth-order valence-electron chi connectivity index (χ4n) is 1.19. The molecule has 1 N–H and O–H groups in total. The molecule has 2 heterocycles. The number of hydrogen-bond donors (Lipinski definition) is 1. The zero-order valence-corrected chi connectivity index (χ0v) is 9.01. The van der Waals surface area contributed by atoms with Crippen LogP contribution < -0.4 is 0 Å². The number of aryl methyl sites for hydroxylation is 1. The maximum atomic E-state index is 10.8. The summed E-state index contributed by atoms with van der Waals surface area (Å²) >= 11 is 5.70. The summed E-state index contributed by atoms with van der Waals surface area (Å²) in [5.74, 6) is -0.767. The molecule has 7 heteroatoms. The predicted molar refractivity (Wildman–Crippen MR) is 55.9 cm³/mol. The predicted octanol–water partition coefficient (Wildman–Crippen LogP) is 1.32. The van der Waals surface area contributed by atoms with Crippen molar-refractivity contribution in [2.24, 2.45) is 0 Å². The molecule has 0 aliphatic rings. The Kier molecular flexibility index (Phi) is 2.57. The summed E-state index contributed by atoms with van der Waals surface area (Å²) in [6.07, 6.45) is 4.23. The summed E-state index contributed by atoms with van der Waals surface area (Å²) in [4.78, 5) is 18.7. The van der Waals surface area contributed by atoms with Crippen LogP contribution in [0.4, 0.5) is 0 Å². The molecule has 2 aromatic rings. The highest BCUT2D eigenvalue weighted by atomic mass is 35.5. The maximum Gasteiger partial charge on any atom is 0.339 e. The molecule has 0 bridgehead atoms. The molecule has 0 amide bonds. The fraction of sp³-hybridized carbons (Fsp3) is 0.111. The number of carboxylic acid groups (broad SMARTS) is 1. The Bertz CT molecular complexity index is 552. The van der Waals surface area contributed by atoms with Crippen LogP contribution in [0.15, 0.2) is 18.6 Å². The van der Waals surface area contributed by atoms with Gasteiger partial charge in [0.25, 0.3) is 5.95 Å². The minimum Gasteiger partial charge on any atom is -0.478 e. The topological polar surface area (TPSA) is 80.9 Å². The molecule has 0 radical (unpaired) electrons. The van der Waals surface area contributed by atoms with E-state index >= 15 is 0 Å². The van der Waals surface area contributed by atoms with Gasteiger partial charge in [-0.3, -0.25) is 0 Å². The van der Waals surface area contributed by atoms with Gasteiger partial charge in [-0.15, -0.1) is 0 Å².